The monoisotopic (exact) mass is 382 g/mol. The van der Waals surface area contributed by atoms with Crippen molar-refractivity contribution < 1.29 is 19.0 Å². The second kappa shape index (κ2) is 10.4. The van der Waals surface area contributed by atoms with Crippen molar-refractivity contribution in [1.82, 2.24) is 0 Å². The third kappa shape index (κ3) is 6.03. The Morgan fingerprint density at radius 2 is 2.00 bits per heavy atom. The molecule has 2 aromatic carbocycles. The van der Waals surface area contributed by atoms with Crippen LogP contribution in [-0.2, 0) is 9.53 Å². The van der Waals surface area contributed by atoms with Crippen LogP contribution < -0.4 is 20.1 Å². The lowest BCUT2D eigenvalue weighted by atomic mass is 10.2. The van der Waals surface area contributed by atoms with E-state index < -0.39 is 0 Å². The first-order valence-electron chi connectivity index (χ1n) is 9.45. The Labute approximate surface area is 165 Å². The van der Waals surface area contributed by atoms with Crippen LogP contribution in [-0.4, -0.2) is 38.4 Å². The van der Waals surface area contributed by atoms with Gasteiger partial charge >= 0.3 is 0 Å². The van der Waals surface area contributed by atoms with Gasteiger partial charge in [-0.2, -0.15) is 0 Å². The Morgan fingerprint density at radius 1 is 1.18 bits per heavy atom. The molecule has 1 amide bonds. The number of hydrogen-bond acceptors (Lipinski definition) is 5. The van der Waals surface area contributed by atoms with Crippen molar-refractivity contribution in [3.05, 3.63) is 61.2 Å². The van der Waals surface area contributed by atoms with Gasteiger partial charge in [-0.15, -0.1) is 0 Å². The Morgan fingerprint density at radius 3 is 2.75 bits per heavy atom. The van der Waals surface area contributed by atoms with Crippen LogP contribution in [0.25, 0.3) is 0 Å². The molecule has 148 valence electrons. The van der Waals surface area contributed by atoms with E-state index in [0.29, 0.717) is 24.7 Å². The third-order valence-corrected chi connectivity index (χ3v) is 4.28. The first-order valence-corrected chi connectivity index (χ1v) is 9.45. The molecular weight excluding hydrogens is 356 g/mol. The highest BCUT2D eigenvalue weighted by atomic mass is 16.5. The maximum absolute atomic E-state index is 12.2. The molecule has 0 aliphatic carbocycles. The molecule has 1 aliphatic heterocycles. The highest BCUT2D eigenvalue weighted by Gasteiger charge is 2.15. The van der Waals surface area contributed by atoms with Crippen LogP contribution in [0.4, 0.5) is 11.4 Å². The second-order valence-corrected chi connectivity index (χ2v) is 6.47. The fourth-order valence-electron chi connectivity index (χ4n) is 2.87. The van der Waals surface area contributed by atoms with E-state index in [1.807, 2.05) is 48.5 Å². The molecule has 3 rings (SSSR count). The van der Waals surface area contributed by atoms with E-state index in [1.165, 1.54) is 0 Å². The lowest BCUT2D eigenvalue weighted by Crippen LogP contribution is -2.22. The number of para-hydroxylation sites is 2. The summed E-state index contributed by atoms with van der Waals surface area (Å²) in [5, 5.41) is 5.96. The van der Waals surface area contributed by atoms with Gasteiger partial charge < -0.3 is 24.8 Å². The maximum Gasteiger partial charge on any atom is 0.243 e. The first-order chi connectivity index (χ1) is 13.7. The minimum atomic E-state index is -0.147. The van der Waals surface area contributed by atoms with E-state index in [4.69, 9.17) is 14.2 Å². The predicted molar refractivity (Wildman–Crippen MR) is 110 cm³/mol. The quantitative estimate of drug-likeness (QED) is 0.611. The zero-order valence-electron chi connectivity index (χ0n) is 15.9. The molecule has 28 heavy (non-hydrogen) atoms. The molecule has 1 fully saturated rings. The molecule has 1 unspecified atom stereocenters. The van der Waals surface area contributed by atoms with Crippen LogP contribution in [0.5, 0.6) is 11.5 Å². The van der Waals surface area contributed by atoms with Gasteiger partial charge in [0.15, 0.2) is 0 Å². The molecule has 2 N–H and O–H groups in total. The Bertz CT molecular complexity index is 770. The number of anilines is 2. The fourth-order valence-corrected chi connectivity index (χ4v) is 2.87. The molecule has 0 aromatic heterocycles. The van der Waals surface area contributed by atoms with Crippen LogP contribution in [0.15, 0.2) is 61.2 Å². The summed E-state index contributed by atoms with van der Waals surface area (Å²) < 4.78 is 16.8. The number of ether oxygens (including phenoxy) is 3. The van der Waals surface area contributed by atoms with Gasteiger partial charge in [-0.05, 0) is 49.2 Å². The van der Waals surface area contributed by atoms with E-state index in [0.717, 1.165) is 30.9 Å². The Kier molecular flexibility index (Phi) is 7.32. The third-order valence-electron chi connectivity index (χ3n) is 4.28. The van der Waals surface area contributed by atoms with Crippen molar-refractivity contribution in [2.24, 2.45) is 0 Å². The SMILES string of the molecule is C=CCOc1ccccc1NCC(=O)Nc1ccc(OCC2CCCO2)cc1. The summed E-state index contributed by atoms with van der Waals surface area (Å²) in [5.74, 6) is 1.30. The van der Waals surface area contributed by atoms with E-state index in [1.54, 1.807) is 6.08 Å². The summed E-state index contributed by atoms with van der Waals surface area (Å²) in [5.41, 5.74) is 1.48. The predicted octanol–water partition coefficient (Wildman–Crippen LogP) is 3.86. The molecule has 0 radical (unpaired) electrons. The number of rotatable bonds is 10. The second-order valence-electron chi connectivity index (χ2n) is 6.47. The number of nitrogens with one attached hydrogen (secondary N) is 2. The minimum absolute atomic E-state index is 0.131. The van der Waals surface area contributed by atoms with E-state index in [2.05, 4.69) is 17.2 Å². The summed E-state index contributed by atoms with van der Waals surface area (Å²) in [7, 11) is 0. The normalized spacial score (nSPS) is 15.6. The van der Waals surface area contributed by atoms with Crippen molar-refractivity contribution in [3.63, 3.8) is 0 Å². The number of carbonyl (C=O) groups is 1. The summed E-state index contributed by atoms with van der Waals surface area (Å²) in [4.78, 5) is 12.2. The van der Waals surface area contributed by atoms with Gasteiger partial charge in [0.25, 0.3) is 0 Å². The lowest BCUT2D eigenvalue weighted by molar-refractivity contribution is -0.114. The largest absolute Gasteiger partial charge is 0.491 e. The first kappa shape index (κ1) is 19.8. The topological polar surface area (TPSA) is 68.8 Å². The summed E-state index contributed by atoms with van der Waals surface area (Å²) >= 11 is 0. The number of hydrogen-bond donors (Lipinski definition) is 2. The Hall–Kier alpha value is -2.99. The molecule has 6 nitrogen and oxygen atoms in total. The number of benzene rings is 2. The molecule has 1 atom stereocenters. The van der Waals surface area contributed by atoms with Crippen LogP contribution in [0.2, 0.25) is 0 Å². The van der Waals surface area contributed by atoms with Crippen LogP contribution in [0.1, 0.15) is 12.8 Å². The van der Waals surface area contributed by atoms with Gasteiger partial charge in [-0.25, -0.2) is 0 Å². The van der Waals surface area contributed by atoms with Crippen LogP contribution >= 0.6 is 0 Å². The van der Waals surface area contributed by atoms with Crippen molar-refractivity contribution in [3.8, 4) is 11.5 Å². The van der Waals surface area contributed by atoms with E-state index in [9.17, 15) is 4.79 Å². The Balaban J connectivity index is 1.45. The van der Waals surface area contributed by atoms with Crippen molar-refractivity contribution >= 4 is 17.3 Å². The van der Waals surface area contributed by atoms with Crippen LogP contribution in [0, 0.1) is 0 Å². The molecule has 2 aromatic rings. The van der Waals surface area contributed by atoms with Crippen LogP contribution in [0.3, 0.4) is 0 Å². The minimum Gasteiger partial charge on any atom is -0.491 e. The molecule has 1 saturated heterocycles. The average molecular weight is 382 g/mol. The van der Waals surface area contributed by atoms with Gasteiger partial charge in [-0.1, -0.05) is 24.8 Å². The molecule has 0 bridgehead atoms. The van der Waals surface area contributed by atoms with Crippen molar-refractivity contribution in [1.29, 1.82) is 0 Å². The zero-order chi connectivity index (χ0) is 19.6. The molecule has 0 spiro atoms. The number of amides is 1. The molecule has 1 aliphatic rings. The van der Waals surface area contributed by atoms with E-state index in [-0.39, 0.29) is 18.6 Å². The summed E-state index contributed by atoms with van der Waals surface area (Å²) in [6, 6.07) is 14.8. The molecular formula is C22H26N2O4. The van der Waals surface area contributed by atoms with E-state index >= 15 is 0 Å². The van der Waals surface area contributed by atoms with Gasteiger partial charge in [0.2, 0.25) is 5.91 Å². The smallest absolute Gasteiger partial charge is 0.243 e. The summed E-state index contributed by atoms with van der Waals surface area (Å²) in [6.07, 6.45) is 4.00. The fraction of sp³-hybridized carbons (Fsp3) is 0.318. The van der Waals surface area contributed by atoms with Gasteiger partial charge in [-0.3, -0.25) is 4.79 Å². The molecule has 0 saturated carbocycles. The standard InChI is InChI=1S/C22H26N2O4/c1-2-13-27-21-8-4-3-7-20(21)23-15-22(25)24-17-9-11-18(12-10-17)28-16-19-6-5-14-26-19/h2-4,7-12,19,23H,1,5-6,13-16H2,(H,24,25). The van der Waals surface area contributed by atoms with Crippen molar-refractivity contribution in [2.75, 3.05) is 37.0 Å². The van der Waals surface area contributed by atoms with Gasteiger partial charge in [0.05, 0.1) is 18.3 Å². The average Bonchev–Trinajstić information content (AvgIpc) is 3.24. The zero-order valence-corrected chi connectivity index (χ0v) is 15.9. The molecule has 6 heteroatoms. The lowest BCUT2D eigenvalue weighted by Gasteiger charge is -2.13. The highest BCUT2D eigenvalue weighted by molar-refractivity contribution is 5.94. The van der Waals surface area contributed by atoms with Crippen molar-refractivity contribution in [2.45, 2.75) is 18.9 Å². The van der Waals surface area contributed by atoms with Gasteiger partial charge in [0, 0.05) is 12.3 Å². The number of carbonyl (C=O) groups excluding carboxylic acids is 1. The summed E-state index contributed by atoms with van der Waals surface area (Å²) in [6.45, 7) is 5.55. The van der Waals surface area contributed by atoms with Gasteiger partial charge in [0.1, 0.15) is 24.7 Å². The molecule has 1 heterocycles. The maximum atomic E-state index is 12.2. The highest BCUT2D eigenvalue weighted by Crippen LogP contribution is 2.23.